The first kappa shape index (κ1) is 32.0. The summed E-state index contributed by atoms with van der Waals surface area (Å²) in [6.07, 6.45) is -4.12. The third-order valence-electron chi connectivity index (χ3n) is 6.98. The summed E-state index contributed by atoms with van der Waals surface area (Å²) in [7, 11) is 0. The van der Waals surface area contributed by atoms with E-state index in [9.17, 15) is 32.3 Å². The summed E-state index contributed by atoms with van der Waals surface area (Å²) in [6.45, 7) is 2.43. The van der Waals surface area contributed by atoms with E-state index in [0.717, 1.165) is 4.90 Å². The summed E-state index contributed by atoms with van der Waals surface area (Å²) < 4.78 is 46.0. The highest BCUT2D eigenvalue weighted by Crippen LogP contribution is 2.30. The average Bonchev–Trinajstić information content (AvgIpc) is 3.00. The van der Waals surface area contributed by atoms with Crippen molar-refractivity contribution in [2.75, 3.05) is 13.2 Å². The molecule has 0 spiro atoms. The van der Waals surface area contributed by atoms with Crippen molar-refractivity contribution in [2.45, 2.75) is 38.5 Å². The SMILES string of the molecule is CC(C)C1C(=O)N(CC(=O)NC(Cc2ccccc2)C(=O)C(F)(F)F)C(c2ccccc2)=CN1C(=O)COc1ccccc1. The molecular formula is C33H32F3N3O5. The number of carbonyl (C=O) groups is 4. The van der Waals surface area contributed by atoms with Crippen molar-refractivity contribution < 1.29 is 37.1 Å². The Morgan fingerprint density at radius 2 is 1.45 bits per heavy atom. The number of Topliss-reactive ketones (excluding diaryl/α,β-unsaturated/α-hetero) is 1. The monoisotopic (exact) mass is 607 g/mol. The first-order valence-corrected chi connectivity index (χ1v) is 14.0. The van der Waals surface area contributed by atoms with E-state index >= 15 is 0 Å². The van der Waals surface area contributed by atoms with Gasteiger partial charge in [0.2, 0.25) is 5.91 Å². The second-order valence-electron chi connectivity index (χ2n) is 10.6. The number of hydrogen-bond donors (Lipinski definition) is 1. The van der Waals surface area contributed by atoms with Crippen LogP contribution in [-0.2, 0) is 25.6 Å². The minimum absolute atomic E-state index is 0.192. The second kappa shape index (κ2) is 14.0. The molecule has 1 N–H and O–H groups in total. The van der Waals surface area contributed by atoms with Crippen molar-refractivity contribution in [1.29, 1.82) is 0 Å². The molecule has 4 rings (SSSR count). The van der Waals surface area contributed by atoms with Crippen LogP contribution in [0.15, 0.2) is 97.2 Å². The van der Waals surface area contributed by atoms with Crippen LogP contribution in [0.2, 0.25) is 0 Å². The summed E-state index contributed by atoms with van der Waals surface area (Å²) in [4.78, 5) is 55.3. The number of nitrogens with zero attached hydrogens (tertiary/aromatic N) is 2. The Morgan fingerprint density at radius 1 is 0.886 bits per heavy atom. The number of nitrogens with one attached hydrogen (secondary N) is 1. The summed E-state index contributed by atoms with van der Waals surface area (Å²) >= 11 is 0. The van der Waals surface area contributed by atoms with Crippen LogP contribution in [-0.4, -0.2) is 64.7 Å². The first-order chi connectivity index (χ1) is 21.0. The van der Waals surface area contributed by atoms with Gasteiger partial charge in [-0.1, -0.05) is 92.7 Å². The van der Waals surface area contributed by atoms with Crippen molar-refractivity contribution in [3.63, 3.8) is 0 Å². The van der Waals surface area contributed by atoms with E-state index in [-0.39, 0.29) is 12.3 Å². The summed E-state index contributed by atoms with van der Waals surface area (Å²) in [5.41, 5.74) is 1.10. The molecule has 1 aliphatic rings. The van der Waals surface area contributed by atoms with Crippen molar-refractivity contribution in [2.24, 2.45) is 5.92 Å². The van der Waals surface area contributed by atoms with Gasteiger partial charge in [-0.05, 0) is 29.2 Å². The zero-order valence-corrected chi connectivity index (χ0v) is 24.2. The molecule has 0 fully saturated rings. The van der Waals surface area contributed by atoms with Gasteiger partial charge < -0.3 is 15.0 Å². The van der Waals surface area contributed by atoms with E-state index in [0.29, 0.717) is 16.9 Å². The molecule has 1 aliphatic heterocycles. The molecule has 2 unspecified atom stereocenters. The molecule has 0 radical (unpaired) electrons. The Morgan fingerprint density at radius 3 is 2.02 bits per heavy atom. The average molecular weight is 608 g/mol. The predicted molar refractivity (Wildman–Crippen MR) is 157 cm³/mol. The lowest BCUT2D eigenvalue weighted by Crippen LogP contribution is -2.58. The molecule has 8 nitrogen and oxygen atoms in total. The van der Waals surface area contributed by atoms with Crippen LogP contribution in [0.4, 0.5) is 13.2 Å². The van der Waals surface area contributed by atoms with Crippen LogP contribution in [0.3, 0.4) is 0 Å². The number of carbonyl (C=O) groups excluding carboxylic acids is 4. The van der Waals surface area contributed by atoms with Gasteiger partial charge in [0, 0.05) is 12.6 Å². The number of ketones is 1. The van der Waals surface area contributed by atoms with Gasteiger partial charge in [-0.25, -0.2) is 0 Å². The van der Waals surface area contributed by atoms with Gasteiger partial charge in [-0.2, -0.15) is 13.2 Å². The Hall–Kier alpha value is -4.93. The third kappa shape index (κ3) is 7.91. The van der Waals surface area contributed by atoms with E-state index in [1.807, 2.05) is 0 Å². The number of alkyl halides is 3. The Bertz CT molecular complexity index is 1500. The molecule has 0 bridgehead atoms. The predicted octanol–water partition coefficient (Wildman–Crippen LogP) is 4.62. The fourth-order valence-corrected chi connectivity index (χ4v) is 4.89. The molecule has 3 amide bonds. The van der Waals surface area contributed by atoms with E-state index < -0.39 is 60.6 Å². The molecule has 1 heterocycles. The van der Waals surface area contributed by atoms with Gasteiger partial charge in [-0.15, -0.1) is 0 Å². The third-order valence-corrected chi connectivity index (χ3v) is 6.98. The molecule has 3 aromatic rings. The molecule has 3 aromatic carbocycles. The minimum atomic E-state index is -5.19. The standard InChI is InChI=1S/C33H32F3N3O5/c1-22(2)30-32(43)38(20-28(40)37-26(31(42)33(34,35)36)18-23-12-6-3-7-13-23)27(24-14-8-4-9-15-24)19-39(30)29(41)21-44-25-16-10-5-11-17-25/h3-17,19,22,26,30H,18,20-21H2,1-2H3,(H,37,40). The number of halogens is 3. The first-order valence-electron chi connectivity index (χ1n) is 14.0. The van der Waals surface area contributed by atoms with Gasteiger partial charge in [-0.3, -0.25) is 24.1 Å². The maximum absolute atomic E-state index is 14.0. The van der Waals surface area contributed by atoms with Crippen LogP contribution < -0.4 is 10.1 Å². The second-order valence-corrected chi connectivity index (χ2v) is 10.6. The number of rotatable bonds is 11. The van der Waals surface area contributed by atoms with Gasteiger partial charge in [0.15, 0.2) is 6.61 Å². The van der Waals surface area contributed by atoms with Crippen molar-refractivity contribution >= 4 is 29.2 Å². The van der Waals surface area contributed by atoms with Crippen LogP contribution >= 0.6 is 0 Å². The van der Waals surface area contributed by atoms with Crippen molar-refractivity contribution in [3.05, 3.63) is 108 Å². The lowest BCUT2D eigenvalue weighted by molar-refractivity contribution is -0.173. The minimum Gasteiger partial charge on any atom is -0.484 e. The highest BCUT2D eigenvalue weighted by Gasteiger charge is 2.45. The maximum atomic E-state index is 14.0. The number of para-hydroxylation sites is 1. The zero-order chi connectivity index (χ0) is 31.9. The summed E-state index contributed by atoms with van der Waals surface area (Å²) in [5, 5.41) is 2.20. The topological polar surface area (TPSA) is 96.0 Å². The number of benzene rings is 3. The van der Waals surface area contributed by atoms with E-state index in [2.05, 4.69) is 5.32 Å². The number of amides is 3. The Balaban J connectivity index is 1.63. The summed E-state index contributed by atoms with van der Waals surface area (Å²) in [6, 6.07) is 22.3. The quantitative estimate of drug-likeness (QED) is 0.343. The molecule has 0 saturated heterocycles. The highest BCUT2D eigenvalue weighted by molar-refractivity contribution is 6.00. The zero-order valence-electron chi connectivity index (χ0n) is 24.2. The van der Waals surface area contributed by atoms with Gasteiger partial charge in [0.25, 0.3) is 17.6 Å². The molecular weight excluding hydrogens is 575 g/mol. The molecule has 0 aliphatic carbocycles. The fourth-order valence-electron chi connectivity index (χ4n) is 4.89. The summed E-state index contributed by atoms with van der Waals surface area (Å²) in [5.74, 6) is -4.11. The normalized spacial score (nSPS) is 15.9. The fraction of sp³-hybridized carbons (Fsp3) is 0.273. The Kier molecular flexibility index (Phi) is 10.2. The molecule has 11 heteroatoms. The smallest absolute Gasteiger partial charge is 0.452 e. The lowest BCUT2D eigenvalue weighted by Gasteiger charge is -2.41. The molecule has 230 valence electrons. The van der Waals surface area contributed by atoms with E-state index in [1.165, 1.54) is 11.1 Å². The number of hydrogen-bond acceptors (Lipinski definition) is 5. The molecule has 0 saturated carbocycles. The Labute approximate surface area is 253 Å². The maximum Gasteiger partial charge on any atom is 0.452 e. The number of ether oxygens (including phenoxy) is 1. The van der Waals surface area contributed by atoms with Crippen molar-refractivity contribution in [1.82, 2.24) is 15.1 Å². The highest BCUT2D eigenvalue weighted by atomic mass is 19.4. The molecule has 0 aromatic heterocycles. The van der Waals surface area contributed by atoms with E-state index in [1.54, 1.807) is 105 Å². The van der Waals surface area contributed by atoms with Crippen LogP contribution in [0.5, 0.6) is 5.75 Å². The largest absolute Gasteiger partial charge is 0.484 e. The molecule has 2 atom stereocenters. The molecule has 44 heavy (non-hydrogen) atoms. The van der Waals surface area contributed by atoms with Crippen LogP contribution in [0, 0.1) is 5.92 Å². The van der Waals surface area contributed by atoms with Gasteiger partial charge in [0.05, 0.1) is 5.70 Å². The van der Waals surface area contributed by atoms with Crippen LogP contribution in [0.25, 0.3) is 5.70 Å². The van der Waals surface area contributed by atoms with Crippen LogP contribution in [0.1, 0.15) is 25.0 Å². The van der Waals surface area contributed by atoms with Gasteiger partial charge in [0.1, 0.15) is 24.4 Å². The van der Waals surface area contributed by atoms with Gasteiger partial charge >= 0.3 is 6.18 Å². The van der Waals surface area contributed by atoms with E-state index in [4.69, 9.17) is 4.74 Å². The lowest BCUT2D eigenvalue weighted by atomic mass is 9.97. The van der Waals surface area contributed by atoms with Crippen molar-refractivity contribution in [3.8, 4) is 5.75 Å².